The monoisotopic (exact) mass is 856 g/mol. The Hall–Kier alpha value is -4.30. The van der Waals surface area contributed by atoms with E-state index in [2.05, 4.69) is 25.9 Å². The van der Waals surface area contributed by atoms with E-state index in [0.29, 0.717) is 50.4 Å². The molecule has 4 N–H and O–H groups in total. The van der Waals surface area contributed by atoms with Gasteiger partial charge in [-0.05, 0) is 72.2 Å². The van der Waals surface area contributed by atoms with Crippen LogP contribution in [-0.4, -0.2) is 108 Å². The Labute approximate surface area is 336 Å². The standard InChI is InChI=1S/C18H20F3N3O3.C11H10N2O3.C7H12F3NO.2ClH/c19-18(20,21)6-1-7-27-14-10-24(11-14)16(26)5-2-12-8-13-3-4-15(25)23-17(13)22-9-12;14-9-3-2-8-5-7(1-4-10(15)16)6-12-11(8)13-9;8-7(9,10)2-1-3-12-6-4-11-5-6;;/h2,5,8-9,14H,1,3-4,6-7,10-11H2,(H,22,23,25);1,4-6H,2-3H2,(H,15,16)(H,12,13,14);6,11H,1-5H2;2*1H/b5-2+;4-1+;;;. The molecule has 2 aromatic heterocycles. The number of hydrogen-bond donors (Lipinski definition) is 4. The van der Waals surface area contributed by atoms with Gasteiger partial charge in [-0.15, -0.1) is 24.8 Å². The second kappa shape index (κ2) is 23.2. The van der Waals surface area contributed by atoms with Crippen LogP contribution < -0.4 is 16.0 Å². The van der Waals surface area contributed by atoms with Gasteiger partial charge in [0.05, 0.1) is 12.2 Å². The Balaban J connectivity index is 0.000000319. The number of carbonyl (C=O) groups excluding carboxylic acids is 3. The quantitative estimate of drug-likeness (QED) is 0.117. The van der Waals surface area contributed by atoms with Crippen molar-refractivity contribution in [1.29, 1.82) is 0 Å². The van der Waals surface area contributed by atoms with Crippen molar-refractivity contribution in [2.45, 2.75) is 75.9 Å². The van der Waals surface area contributed by atoms with Crippen LogP contribution in [0.4, 0.5) is 38.0 Å². The van der Waals surface area contributed by atoms with Gasteiger partial charge in [0.25, 0.3) is 0 Å². The minimum absolute atomic E-state index is 0. The Morgan fingerprint density at radius 2 is 1.21 bits per heavy atom. The number of carboxylic acids is 1. The lowest BCUT2D eigenvalue weighted by Crippen LogP contribution is -2.54. The molecule has 4 aliphatic rings. The molecule has 3 amide bonds. The van der Waals surface area contributed by atoms with Gasteiger partial charge in [0.15, 0.2) is 0 Å². The number of anilines is 2. The molecular weight excluding hydrogens is 813 g/mol. The average Bonchev–Trinajstić information content (AvgIpc) is 3.07. The number of carbonyl (C=O) groups is 4. The van der Waals surface area contributed by atoms with Crippen LogP contribution in [0, 0.1) is 0 Å². The van der Waals surface area contributed by atoms with E-state index < -0.39 is 31.2 Å². The lowest BCUT2D eigenvalue weighted by atomic mass is 10.0. The van der Waals surface area contributed by atoms with Gasteiger partial charge >= 0.3 is 18.3 Å². The van der Waals surface area contributed by atoms with Crippen molar-refractivity contribution in [3.05, 3.63) is 58.9 Å². The van der Waals surface area contributed by atoms with E-state index in [1.807, 2.05) is 12.1 Å². The molecular formula is C36H44Cl2F6N6O7. The SMILES string of the molecule is Cl.Cl.FC(F)(F)CCCOC1CNC1.O=C(O)/C=C/c1cnc2c(c1)CCC(=O)N2.O=C1CCc2cc(/C=C/C(=O)N3CC(OCCCC(F)(F)F)C3)cnc2N1. The number of rotatable bonds is 12. The molecule has 2 aromatic rings. The van der Waals surface area contributed by atoms with Crippen LogP contribution in [0.2, 0.25) is 0 Å². The second-order valence-electron chi connectivity index (χ2n) is 13.0. The zero-order valence-electron chi connectivity index (χ0n) is 30.5. The van der Waals surface area contributed by atoms with E-state index in [-0.39, 0.29) is 80.8 Å². The number of halogens is 8. The summed E-state index contributed by atoms with van der Waals surface area (Å²) >= 11 is 0. The number of nitrogens with one attached hydrogen (secondary N) is 3. The lowest BCUT2D eigenvalue weighted by Gasteiger charge is -2.38. The number of ether oxygens (including phenoxy) is 2. The van der Waals surface area contributed by atoms with Crippen LogP contribution in [0.15, 0.2) is 36.7 Å². The van der Waals surface area contributed by atoms with E-state index in [1.165, 1.54) is 18.3 Å². The minimum Gasteiger partial charge on any atom is -0.478 e. The van der Waals surface area contributed by atoms with Gasteiger partial charge in [0.2, 0.25) is 17.7 Å². The van der Waals surface area contributed by atoms with Gasteiger partial charge in [-0.3, -0.25) is 14.4 Å². The van der Waals surface area contributed by atoms with Gasteiger partial charge in [-0.25, -0.2) is 14.8 Å². The molecule has 4 aliphatic heterocycles. The molecule has 316 valence electrons. The Bertz CT molecular complexity index is 1720. The van der Waals surface area contributed by atoms with E-state index in [4.69, 9.17) is 14.6 Å². The molecule has 2 fully saturated rings. The number of likely N-dealkylation sites (tertiary alicyclic amines) is 1. The van der Waals surface area contributed by atoms with Crippen LogP contribution in [0.1, 0.15) is 60.8 Å². The molecule has 0 aromatic carbocycles. The third kappa shape index (κ3) is 18.2. The number of nitrogens with zero attached hydrogens (tertiary/aromatic N) is 3. The lowest BCUT2D eigenvalue weighted by molar-refractivity contribution is -0.146. The summed E-state index contributed by atoms with van der Waals surface area (Å²) in [6, 6.07) is 3.72. The van der Waals surface area contributed by atoms with Crippen molar-refractivity contribution in [2.24, 2.45) is 0 Å². The predicted octanol–water partition coefficient (Wildman–Crippen LogP) is 5.77. The molecule has 0 atom stereocenters. The van der Waals surface area contributed by atoms with Gasteiger partial charge < -0.3 is 35.4 Å². The van der Waals surface area contributed by atoms with Gasteiger partial charge in [-0.2, -0.15) is 26.3 Å². The zero-order chi connectivity index (χ0) is 40.0. The number of pyridine rings is 2. The molecule has 2 saturated heterocycles. The highest BCUT2D eigenvalue weighted by atomic mass is 35.5. The molecule has 57 heavy (non-hydrogen) atoms. The van der Waals surface area contributed by atoms with E-state index >= 15 is 0 Å². The largest absolute Gasteiger partial charge is 0.478 e. The first-order valence-corrected chi connectivity index (χ1v) is 17.6. The third-order valence-corrected chi connectivity index (χ3v) is 8.39. The summed E-state index contributed by atoms with van der Waals surface area (Å²) in [7, 11) is 0. The fraction of sp³-hybridized carbons (Fsp3) is 0.500. The molecule has 13 nitrogen and oxygen atoms in total. The predicted molar refractivity (Wildman–Crippen MR) is 202 cm³/mol. The molecule has 0 aliphatic carbocycles. The molecule has 0 unspecified atom stereocenters. The zero-order valence-corrected chi connectivity index (χ0v) is 32.1. The molecule has 6 heterocycles. The first-order chi connectivity index (χ1) is 26.0. The van der Waals surface area contributed by atoms with Crippen molar-refractivity contribution in [3.8, 4) is 0 Å². The van der Waals surface area contributed by atoms with Gasteiger partial charge in [-0.1, -0.05) is 0 Å². The van der Waals surface area contributed by atoms with E-state index in [1.54, 1.807) is 17.2 Å². The van der Waals surface area contributed by atoms with Crippen LogP contribution in [0.5, 0.6) is 0 Å². The highest BCUT2D eigenvalue weighted by Gasteiger charge is 2.31. The molecule has 0 bridgehead atoms. The highest BCUT2D eigenvalue weighted by molar-refractivity contribution is 5.94. The molecule has 6 rings (SSSR count). The normalized spacial score (nSPS) is 16.5. The minimum atomic E-state index is -4.16. The van der Waals surface area contributed by atoms with Crippen LogP contribution in [-0.2, 0) is 41.5 Å². The smallest absolute Gasteiger partial charge is 0.389 e. The number of amides is 3. The first-order valence-electron chi connectivity index (χ1n) is 17.6. The van der Waals surface area contributed by atoms with Gasteiger partial charge in [0.1, 0.15) is 11.6 Å². The van der Waals surface area contributed by atoms with Crippen LogP contribution in [0.3, 0.4) is 0 Å². The molecule has 0 spiro atoms. The molecule has 0 radical (unpaired) electrons. The molecule has 21 heteroatoms. The Morgan fingerprint density at radius 1 is 0.754 bits per heavy atom. The van der Waals surface area contributed by atoms with E-state index in [9.17, 15) is 45.5 Å². The topological polar surface area (TPSA) is 172 Å². The van der Waals surface area contributed by atoms with E-state index in [0.717, 1.165) is 41.4 Å². The summed E-state index contributed by atoms with van der Waals surface area (Å²) in [6.45, 7) is 2.55. The number of aryl methyl sites for hydroxylation is 2. The summed E-state index contributed by atoms with van der Waals surface area (Å²) in [5, 5.41) is 16.8. The van der Waals surface area contributed by atoms with Crippen molar-refractivity contribution < 1.29 is 60.1 Å². The maximum atomic E-state index is 12.1. The number of aliphatic carboxylic acids is 1. The highest BCUT2D eigenvalue weighted by Crippen LogP contribution is 2.24. The van der Waals surface area contributed by atoms with Gasteiger partial charge in [0, 0.05) is 89.6 Å². The Morgan fingerprint density at radius 3 is 1.63 bits per heavy atom. The number of carboxylic acid groups (broad SMARTS) is 1. The maximum absolute atomic E-state index is 12.1. The summed E-state index contributed by atoms with van der Waals surface area (Å²) in [5.74, 6) is -0.135. The second-order valence-corrected chi connectivity index (χ2v) is 13.0. The Kier molecular flexibility index (Phi) is 19.9. The first kappa shape index (κ1) is 48.8. The number of fused-ring (bicyclic) bond motifs is 2. The van der Waals surface area contributed by atoms with Crippen LogP contribution in [0.25, 0.3) is 12.2 Å². The number of alkyl halides is 6. The summed E-state index contributed by atoms with van der Waals surface area (Å²) in [4.78, 5) is 54.7. The van der Waals surface area contributed by atoms with Crippen molar-refractivity contribution in [1.82, 2.24) is 20.2 Å². The molecule has 0 saturated carbocycles. The summed E-state index contributed by atoms with van der Waals surface area (Å²) < 4.78 is 81.4. The number of hydrogen-bond acceptors (Lipinski definition) is 9. The summed E-state index contributed by atoms with van der Waals surface area (Å²) in [5.41, 5.74) is 3.35. The van der Waals surface area contributed by atoms with Crippen molar-refractivity contribution >= 4 is 72.3 Å². The maximum Gasteiger partial charge on any atom is 0.389 e. The van der Waals surface area contributed by atoms with Crippen molar-refractivity contribution in [3.63, 3.8) is 0 Å². The van der Waals surface area contributed by atoms with Crippen LogP contribution >= 0.6 is 24.8 Å². The fourth-order valence-corrected chi connectivity index (χ4v) is 5.32. The number of aromatic nitrogens is 2. The third-order valence-electron chi connectivity index (χ3n) is 8.39. The average molecular weight is 858 g/mol. The summed E-state index contributed by atoms with van der Waals surface area (Å²) in [6.07, 6.45) is 0.991. The fourth-order valence-electron chi connectivity index (χ4n) is 5.32. The van der Waals surface area contributed by atoms with Crippen molar-refractivity contribution in [2.75, 3.05) is 50.0 Å².